The summed E-state index contributed by atoms with van der Waals surface area (Å²) in [6.45, 7) is 6.41. The molecule has 0 bridgehead atoms. The maximum atomic E-state index is 13.0. The number of carbonyl (C=O) groups excluding carboxylic acids is 1. The Kier molecular flexibility index (Phi) is 6.55. The zero-order chi connectivity index (χ0) is 19.2. The van der Waals surface area contributed by atoms with Gasteiger partial charge >= 0.3 is 0 Å². The van der Waals surface area contributed by atoms with Gasteiger partial charge in [0.15, 0.2) is 0 Å². The predicted molar refractivity (Wildman–Crippen MR) is 100 cm³/mol. The molecule has 0 saturated carbocycles. The summed E-state index contributed by atoms with van der Waals surface area (Å²) in [7, 11) is 0. The highest BCUT2D eigenvalue weighted by atomic mass is 19.1. The Hall–Kier alpha value is -2.28. The first kappa shape index (κ1) is 19.5. The van der Waals surface area contributed by atoms with E-state index in [9.17, 15) is 9.18 Å². The lowest BCUT2D eigenvalue weighted by atomic mass is 9.95. The van der Waals surface area contributed by atoms with Crippen molar-refractivity contribution in [1.82, 2.24) is 20.4 Å². The van der Waals surface area contributed by atoms with E-state index < -0.39 is 0 Å². The number of hydrogen-bond acceptors (Lipinski definition) is 5. The lowest BCUT2D eigenvalue weighted by Crippen LogP contribution is -2.42. The van der Waals surface area contributed by atoms with Gasteiger partial charge in [0.1, 0.15) is 5.82 Å². The molecular formula is C20H27FN4O2. The van der Waals surface area contributed by atoms with Gasteiger partial charge in [-0.1, -0.05) is 18.5 Å². The van der Waals surface area contributed by atoms with E-state index in [1.54, 1.807) is 12.1 Å². The van der Waals surface area contributed by atoms with Gasteiger partial charge in [-0.25, -0.2) is 4.39 Å². The molecule has 1 aromatic heterocycles. The number of benzene rings is 1. The van der Waals surface area contributed by atoms with Crippen LogP contribution < -0.4 is 5.32 Å². The van der Waals surface area contributed by atoms with E-state index in [0.29, 0.717) is 18.3 Å². The molecule has 7 heteroatoms. The molecule has 6 nitrogen and oxygen atoms in total. The van der Waals surface area contributed by atoms with Gasteiger partial charge in [0.25, 0.3) is 0 Å². The maximum absolute atomic E-state index is 13.0. The molecule has 2 heterocycles. The molecule has 1 N–H and O–H groups in total. The summed E-state index contributed by atoms with van der Waals surface area (Å²) in [6, 6.07) is 6.26. The summed E-state index contributed by atoms with van der Waals surface area (Å²) in [5.41, 5.74) is 0.725. The SMILES string of the molecule is CCCC(C)NC(=O)C1CCN(Cc2nc(-c3ccc(F)cc3)no2)CC1. The van der Waals surface area contributed by atoms with Crippen LogP contribution in [0.25, 0.3) is 11.4 Å². The van der Waals surface area contributed by atoms with Crippen molar-refractivity contribution in [3.8, 4) is 11.4 Å². The van der Waals surface area contributed by atoms with Gasteiger partial charge in [0.05, 0.1) is 6.54 Å². The fraction of sp³-hybridized carbons (Fsp3) is 0.550. The molecule has 3 rings (SSSR count). The van der Waals surface area contributed by atoms with Crippen molar-refractivity contribution in [3.05, 3.63) is 36.0 Å². The number of carbonyl (C=O) groups is 1. The standard InChI is InChI=1S/C20H27FN4O2/c1-3-4-14(2)22-20(26)16-9-11-25(12-10-16)13-18-23-19(24-27-18)15-5-7-17(21)8-6-15/h5-8,14,16H,3-4,9-13H2,1-2H3,(H,22,26). The van der Waals surface area contributed by atoms with E-state index in [0.717, 1.165) is 44.3 Å². The monoisotopic (exact) mass is 374 g/mol. The van der Waals surface area contributed by atoms with Gasteiger partial charge in [0.2, 0.25) is 17.6 Å². The number of halogens is 1. The maximum Gasteiger partial charge on any atom is 0.241 e. The minimum atomic E-state index is -0.293. The lowest BCUT2D eigenvalue weighted by molar-refractivity contribution is -0.127. The van der Waals surface area contributed by atoms with Crippen LogP contribution in [0, 0.1) is 11.7 Å². The summed E-state index contributed by atoms with van der Waals surface area (Å²) in [4.78, 5) is 19.0. The second-order valence-corrected chi connectivity index (χ2v) is 7.27. The third kappa shape index (κ3) is 5.35. The fourth-order valence-electron chi connectivity index (χ4n) is 3.45. The van der Waals surface area contributed by atoms with Crippen LogP contribution in [0.2, 0.25) is 0 Å². The van der Waals surface area contributed by atoms with E-state index in [-0.39, 0.29) is 23.7 Å². The minimum absolute atomic E-state index is 0.0815. The zero-order valence-corrected chi connectivity index (χ0v) is 15.9. The van der Waals surface area contributed by atoms with E-state index >= 15 is 0 Å². The first-order valence-electron chi connectivity index (χ1n) is 9.66. The summed E-state index contributed by atoms with van der Waals surface area (Å²) in [6.07, 6.45) is 3.76. The van der Waals surface area contributed by atoms with Gasteiger partial charge in [-0.15, -0.1) is 0 Å². The molecule has 2 aromatic rings. The number of piperidine rings is 1. The Morgan fingerprint density at radius 2 is 2.04 bits per heavy atom. The Morgan fingerprint density at radius 1 is 1.33 bits per heavy atom. The third-order valence-electron chi connectivity index (χ3n) is 5.00. The number of nitrogens with one attached hydrogen (secondary N) is 1. The number of aromatic nitrogens is 2. The van der Waals surface area contributed by atoms with Crippen molar-refractivity contribution in [2.75, 3.05) is 13.1 Å². The molecule has 27 heavy (non-hydrogen) atoms. The molecule has 1 saturated heterocycles. The van der Waals surface area contributed by atoms with Crippen LogP contribution in [0.1, 0.15) is 45.4 Å². The summed E-state index contributed by atoms with van der Waals surface area (Å²) in [5.74, 6) is 0.960. The molecule has 1 atom stereocenters. The highest BCUT2D eigenvalue weighted by Gasteiger charge is 2.26. The zero-order valence-electron chi connectivity index (χ0n) is 15.9. The quantitative estimate of drug-likeness (QED) is 0.804. The molecule has 0 spiro atoms. The van der Waals surface area contributed by atoms with Crippen molar-refractivity contribution < 1.29 is 13.7 Å². The van der Waals surface area contributed by atoms with E-state index in [2.05, 4.69) is 34.2 Å². The molecule has 1 aliphatic heterocycles. The number of hydrogen-bond donors (Lipinski definition) is 1. The predicted octanol–water partition coefficient (Wildman–Crippen LogP) is 3.39. The molecule has 146 valence electrons. The normalized spacial score (nSPS) is 17.0. The summed E-state index contributed by atoms with van der Waals surface area (Å²) < 4.78 is 18.3. The van der Waals surface area contributed by atoms with Crippen molar-refractivity contribution in [3.63, 3.8) is 0 Å². The van der Waals surface area contributed by atoms with Crippen LogP contribution >= 0.6 is 0 Å². The van der Waals surface area contributed by atoms with E-state index in [4.69, 9.17) is 4.52 Å². The Balaban J connectivity index is 1.48. The van der Waals surface area contributed by atoms with Crippen LogP contribution in [-0.2, 0) is 11.3 Å². The highest BCUT2D eigenvalue weighted by Crippen LogP contribution is 2.21. The van der Waals surface area contributed by atoms with E-state index in [1.807, 2.05) is 0 Å². The Bertz CT molecular complexity index is 739. The smallest absolute Gasteiger partial charge is 0.241 e. The largest absolute Gasteiger partial charge is 0.353 e. The van der Waals surface area contributed by atoms with Gasteiger partial charge in [-0.05, 0) is 63.5 Å². The first-order chi connectivity index (χ1) is 13.0. The van der Waals surface area contributed by atoms with Crippen LogP contribution in [0.15, 0.2) is 28.8 Å². The number of likely N-dealkylation sites (tertiary alicyclic amines) is 1. The Labute approximate surface area is 159 Å². The third-order valence-corrected chi connectivity index (χ3v) is 5.00. The summed E-state index contributed by atoms with van der Waals surface area (Å²) in [5, 5.41) is 7.09. The van der Waals surface area contributed by atoms with Gasteiger partial charge in [-0.2, -0.15) is 4.98 Å². The topological polar surface area (TPSA) is 71.3 Å². The molecule has 1 aromatic carbocycles. The second-order valence-electron chi connectivity index (χ2n) is 7.27. The molecule has 1 amide bonds. The average Bonchev–Trinajstić information content (AvgIpc) is 3.11. The van der Waals surface area contributed by atoms with Crippen LogP contribution in [-0.4, -0.2) is 40.1 Å². The van der Waals surface area contributed by atoms with Gasteiger partial charge < -0.3 is 9.84 Å². The van der Waals surface area contributed by atoms with Crippen molar-refractivity contribution in [2.24, 2.45) is 5.92 Å². The van der Waals surface area contributed by atoms with Crippen molar-refractivity contribution in [1.29, 1.82) is 0 Å². The molecular weight excluding hydrogens is 347 g/mol. The van der Waals surface area contributed by atoms with Crippen molar-refractivity contribution in [2.45, 2.75) is 52.1 Å². The van der Waals surface area contributed by atoms with E-state index in [1.165, 1.54) is 12.1 Å². The number of rotatable bonds is 7. The average molecular weight is 374 g/mol. The van der Waals surface area contributed by atoms with Crippen molar-refractivity contribution >= 4 is 5.91 Å². The lowest BCUT2D eigenvalue weighted by Gasteiger charge is -2.30. The summed E-state index contributed by atoms with van der Waals surface area (Å²) >= 11 is 0. The number of amides is 1. The van der Waals surface area contributed by atoms with Crippen LogP contribution in [0.3, 0.4) is 0 Å². The molecule has 0 aliphatic carbocycles. The minimum Gasteiger partial charge on any atom is -0.353 e. The van der Waals surface area contributed by atoms with Gasteiger partial charge in [0, 0.05) is 17.5 Å². The highest BCUT2D eigenvalue weighted by molar-refractivity contribution is 5.79. The number of nitrogens with zero attached hydrogens (tertiary/aromatic N) is 3. The molecule has 1 aliphatic rings. The molecule has 1 fully saturated rings. The second kappa shape index (κ2) is 9.08. The molecule has 0 radical (unpaired) electrons. The first-order valence-corrected chi connectivity index (χ1v) is 9.66. The van der Waals surface area contributed by atoms with Crippen LogP contribution in [0.5, 0.6) is 0 Å². The Morgan fingerprint density at radius 3 is 2.70 bits per heavy atom. The fourth-order valence-corrected chi connectivity index (χ4v) is 3.45. The van der Waals surface area contributed by atoms with Crippen LogP contribution in [0.4, 0.5) is 4.39 Å². The van der Waals surface area contributed by atoms with Gasteiger partial charge in [-0.3, -0.25) is 9.69 Å². The molecule has 1 unspecified atom stereocenters.